The van der Waals surface area contributed by atoms with Crippen molar-refractivity contribution < 1.29 is 14.3 Å². The van der Waals surface area contributed by atoms with E-state index in [1.165, 1.54) is 0 Å². The van der Waals surface area contributed by atoms with Crippen LogP contribution in [0.4, 0.5) is 4.79 Å². The summed E-state index contributed by atoms with van der Waals surface area (Å²) in [6, 6.07) is 9.77. The fourth-order valence-corrected chi connectivity index (χ4v) is 1.76. The summed E-state index contributed by atoms with van der Waals surface area (Å²) in [5.41, 5.74) is 6.63. The number of carbonyl (C=O) groups excluding carboxylic acids is 2. The molecule has 20 heavy (non-hydrogen) atoms. The highest BCUT2D eigenvalue weighted by Gasteiger charge is 2.13. The zero-order valence-corrected chi connectivity index (χ0v) is 11.7. The molecule has 3 N–H and O–H groups in total. The number of hydrogen-bond donors (Lipinski definition) is 2. The van der Waals surface area contributed by atoms with Crippen molar-refractivity contribution in [2.75, 3.05) is 26.2 Å². The van der Waals surface area contributed by atoms with Gasteiger partial charge in [0.2, 0.25) is 5.91 Å². The van der Waals surface area contributed by atoms with Crippen LogP contribution in [0.25, 0.3) is 0 Å². The van der Waals surface area contributed by atoms with Crippen molar-refractivity contribution in [3.05, 3.63) is 35.9 Å². The highest BCUT2D eigenvalue weighted by molar-refractivity contribution is 5.92. The summed E-state index contributed by atoms with van der Waals surface area (Å²) in [5.74, 6) is -0.396. The van der Waals surface area contributed by atoms with Gasteiger partial charge in [0.05, 0.1) is 13.2 Å². The first-order chi connectivity index (χ1) is 9.65. The predicted octanol–water partition coefficient (Wildman–Crippen LogP) is 0.720. The minimum Gasteiger partial charge on any atom is -0.450 e. The Bertz CT molecular complexity index is 423. The number of nitrogens with two attached hydrogens (primary N) is 1. The SMILES string of the molecule is CCOC(=O)NC(=O)CN(CCN)Cc1ccccc1. The molecule has 0 aliphatic carbocycles. The maximum atomic E-state index is 11.7. The summed E-state index contributed by atoms with van der Waals surface area (Å²) >= 11 is 0. The summed E-state index contributed by atoms with van der Waals surface area (Å²) < 4.78 is 4.66. The number of nitrogens with one attached hydrogen (secondary N) is 1. The first-order valence-corrected chi connectivity index (χ1v) is 6.58. The maximum Gasteiger partial charge on any atom is 0.413 e. The molecule has 110 valence electrons. The normalized spacial score (nSPS) is 10.3. The van der Waals surface area contributed by atoms with Crippen molar-refractivity contribution in [3.8, 4) is 0 Å². The molecule has 0 saturated carbocycles. The van der Waals surface area contributed by atoms with E-state index in [0.717, 1.165) is 5.56 Å². The van der Waals surface area contributed by atoms with Gasteiger partial charge >= 0.3 is 6.09 Å². The molecule has 0 atom stereocenters. The zero-order chi connectivity index (χ0) is 14.8. The van der Waals surface area contributed by atoms with Crippen LogP contribution in [-0.2, 0) is 16.1 Å². The van der Waals surface area contributed by atoms with Gasteiger partial charge in [-0.3, -0.25) is 15.0 Å². The van der Waals surface area contributed by atoms with E-state index in [1.807, 2.05) is 35.2 Å². The minimum absolute atomic E-state index is 0.102. The summed E-state index contributed by atoms with van der Waals surface area (Å²) in [4.78, 5) is 24.7. The molecule has 0 saturated heterocycles. The van der Waals surface area contributed by atoms with Gasteiger partial charge < -0.3 is 10.5 Å². The van der Waals surface area contributed by atoms with Gasteiger partial charge in [0.1, 0.15) is 0 Å². The van der Waals surface area contributed by atoms with Gasteiger partial charge in [-0.25, -0.2) is 4.79 Å². The molecule has 0 bridgehead atoms. The van der Waals surface area contributed by atoms with E-state index in [-0.39, 0.29) is 13.2 Å². The van der Waals surface area contributed by atoms with E-state index < -0.39 is 12.0 Å². The lowest BCUT2D eigenvalue weighted by molar-refractivity contribution is -0.121. The van der Waals surface area contributed by atoms with E-state index >= 15 is 0 Å². The lowest BCUT2D eigenvalue weighted by Gasteiger charge is -2.20. The smallest absolute Gasteiger partial charge is 0.413 e. The van der Waals surface area contributed by atoms with E-state index in [2.05, 4.69) is 10.1 Å². The number of rotatable bonds is 7. The van der Waals surface area contributed by atoms with Gasteiger partial charge in [-0.15, -0.1) is 0 Å². The van der Waals surface area contributed by atoms with E-state index in [1.54, 1.807) is 6.92 Å². The average molecular weight is 279 g/mol. The van der Waals surface area contributed by atoms with Gasteiger partial charge in [0.15, 0.2) is 0 Å². The molecule has 6 nitrogen and oxygen atoms in total. The van der Waals surface area contributed by atoms with E-state index in [0.29, 0.717) is 19.6 Å². The quantitative estimate of drug-likeness (QED) is 0.768. The van der Waals surface area contributed by atoms with E-state index in [9.17, 15) is 9.59 Å². The molecular weight excluding hydrogens is 258 g/mol. The topological polar surface area (TPSA) is 84.7 Å². The predicted molar refractivity (Wildman–Crippen MR) is 75.9 cm³/mol. The van der Waals surface area contributed by atoms with Crippen molar-refractivity contribution in [2.45, 2.75) is 13.5 Å². The van der Waals surface area contributed by atoms with Crippen molar-refractivity contribution in [3.63, 3.8) is 0 Å². The summed E-state index contributed by atoms with van der Waals surface area (Å²) in [6.07, 6.45) is -0.718. The molecule has 0 unspecified atom stereocenters. The maximum absolute atomic E-state index is 11.7. The van der Waals surface area contributed by atoms with Crippen LogP contribution in [0.1, 0.15) is 12.5 Å². The van der Waals surface area contributed by atoms with Crippen LogP contribution in [0.2, 0.25) is 0 Å². The molecule has 2 amide bonds. The molecular formula is C14H21N3O3. The van der Waals surface area contributed by atoms with Gasteiger partial charge in [0.25, 0.3) is 0 Å². The molecule has 0 aromatic heterocycles. The van der Waals surface area contributed by atoms with Crippen molar-refractivity contribution in [2.24, 2.45) is 5.73 Å². The Morgan fingerprint density at radius 3 is 2.60 bits per heavy atom. The second-order valence-electron chi connectivity index (χ2n) is 4.25. The molecule has 0 heterocycles. The lowest BCUT2D eigenvalue weighted by atomic mass is 10.2. The molecule has 0 aliphatic rings. The number of hydrogen-bond acceptors (Lipinski definition) is 5. The summed E-state index contributed by atoms with van der Waals surface area (Å²) in [7, 11) is 0. The third-order valence-corrected chi connectivity index (χ3v) is 2.58. The molecule has 0 aliphatic heterocycles. The monoisotopic (exact) mass is 279 g/mol. The Labute approximate surface area is 118 Å². The lowest BCUT2D eigenvalue weighted by Crippen LogP contribution is -2.41. The van der Waals surface area contributed by atoms with Crippen LogP contribution in [-0.4, -0.2) is 43.1 Å². The second-order valence-corrected chi connectivity index (χ2v) is 4.25. The summed E-state index contributed by atoms with van der Waals surface area (Å²) in [6.45, 7) is 3.64. The van der Waals surface area contributed by atoms with E-state index in [4.69, 9.17) is 5.73 Å². The van der Waals surface area contributed by atoms with Crippen molar-refractivity contribution >= 4 is 12.0 Å². The van der Waals surface area contributed by atoms with Crippen LogP contribution in [0.15, 0.2) is 30.3 Å². The highest BCUT2D eigenvalue weighted by atomic mass is 16.5. The Balaban J connectivity index is 2.50. The largest absolute Gasteiger partial charge is 0.450 e. The van der Waals surface area contributed by atoms with Gasteiger partial charge in [-0.05, 0) is 12.5 Å². The number of ether oxygens (including phenoxy) is 1. The highest BCUT2D eigenvalue weighted by Crippen LogP contribution is 2.03. The molecule has 6 heteroatoms. The first-order valence-electron chi connectivity index (χ1n) is 6.58. The fraction of sp³-hybridized carbons (Fsp3) is 0.429. The van der Waals surface area contributed by atoms with Gasteiger partial charge in [0, 0.05) is 19.6 Å². The third kappa shape index (κ3) is 6.31. The average Bonchev–Trinajstić information content (AvgIpc) is 2.40. The van der Waals surface area contributed by atoms with Crippen molar-refractivity contribution in [1.29, 1.82) is 0 Å². The molecule has 1 rings (SSSR count). The number of alkyl carbamates (subject to hydrolysis) is 1. The Hall–Kier alpha value is -1.92. The van der Waals surface area contributed by atoms with Crippen LogP contribution in [0.5, 0.6) is 0 Å². The Morgan fingerprint density at radius 1 is 1.30 bits per heavy atom. The second kappa shape index (κ2) is 9.06. The number of carbonyl (C=O) groups is 2. The van der Waals surface area contributed by atoms with Crippen LogP contribution in [0, 0.1) is 0 Å². The third-order valence-electron chi connectivity index (χ3n) is 2.58. The molecule has 1 aromatic carbocycles. The molecule has 0 radical (unpaired) electrons. The first kappa shape index (κ1) is 16.1. The zero-order valence-electron chi connectivity index (χ0n) is 11.7. The van der Waals surface area contributed by atoms with Gasteiger partial charge in [-0.1, -0.05) is 30.3 Å². The number of imide groups is 1. The number of amides is 2. The molecule has 0 fully saturated rings. The fourth-order valence-electron chi connectivity index (χ4n) is 1.76. The number of benzene rings is 1. The van der Waals surface area contributed by atoms with Crippen molar-refractivity contribution in [1.82, 2.24) is 10.2 Å². The molecule has 1 aromatic rings. The Morgan fingerprint density at radius 2 is 2.00 bits per heavy atom. The Kier molecular flexibility index (Phi) is 7.31. The standard InChI is InChI=1S/C14H21N3O3/c1-2-20-14(19)16-13(18)11-17(9-8-15)10-12-6-4-3-5-7-12/h3-7H,2,8-11,15H2,1H3,(H,16,18,19). The summed E-state index contributed by atoms with van der Waals surface area (Å²) in [5, 5.41) is 2.17. The van der Waals surface area contributed by atoms with Crippen LogP contribution < -0.4 is 11.1 Å². The van der Waals surface area contributed by atoms with Gasteiger partial charge in [-0.2, -0.15) is 0 Å². The number of nitrogens with zero attached hydrogens (tertiary/aromatic N) is 1. The van der Waals surface area contributed by atoms with Crippen LogP contribution in [0.3, 0.4) is 0 Å². The van der Waals surface area contributed by atoms with Crippen LogP contribution >= 0.6 is 0 Å². The molecule has 0 spiro atoms. The minimum atomic E-state index is -0.718.